The molecule has 0 aliphatic heterocycles. The molecule has 0 radical (unpaired) electrons. The van der Waals surface area contributed by atoms with Crippen LogP contribution >= 0.6 is 0 Å². The van der Waals surface area contributed by atoms with Gasteiger partial charge in [0.15, 0.2) is 0 Å². The fourth-order valence-electron chi connectivity index (χ4n) is 2.04. The van der Waals surface area contributed by atoms with Crippen molar-refractivity contribution in [1.29, 1.82) is 0 Å². The van der Waals surface area contributed by atoms with Gasteiger partial charge in [-0.1, -0.05) is 19.1 Å². The molecule has 0 fully saturated rings. The summed E-state index contributed by atoms with van der Waals surface area (Å²) >= 11 is 0. The van der Waals surface area contributed by atoms with E-state index in [1.165, 1.54) is 5.56 Å². The van der Waals surface area contributed by atoms with Gasteiger partial charge in [0.25, 0.3) is 0 Å². The number of nitrogens with one attached hydrogen (secondary N) is 1. The molecule has 1 unspecified atom stereocenters. The number of likely N-dealkylation sites (N-methyl/N-ethyl adjacent to an activating group) is 1. The third-order valence-corrected chi connectivity index (χ3v) is 3.03. The first-order valence-corrected chi connectivity index (χ1v) is 6.44. The Labute approximate surface area is 113 Å². The van der Waals surface area contributed by atoms with Gasteiger partial charge < -0.3 is 10.1 Å². The topological polar surface area (TPSA) is 47.0 Å². The molecular weight excluding hydrogens is 238 g/mol. The van der Waals surface area contributed by atoms with E-state index in [1.54, 1.807) is 13.4 Å². The molecule has 0 aliphatic carbocycles. The van der Waals surface area contributed by atoms with Gasteiger partial charge >= 0.3 is 0 Å². The van der Waals surface area contributed by atoms with Crippen LogP contribution in [-0.2, 0) is 6.42 Å². The number of hydrogen-bond donors (Lipinski definition) is 1. The smallest absolute Gasteiger partial charge is 0.118 e. The minimum atomic E-state index is 0.236. The standard InChI is InChI=1S/C15H19N3O/c1-3-18-15(13-9-16-11-17-10-13)8-12-4-6-14(19-2)7-5-12/h4-7,9-11,15,18H,3,8H2,1-2H3. The molecule has 1 aromatic heterocycles. The summed E-state index contributed by atoms with van der Waals surface area (Å²) in [5.41, 5.74) is 2.37. The van der Waals surface area contributed by atoms with Crippen molar-refractivity contribution in [3.05, 3.63) is 54.1 Å². The van der Waals surface area contributed by atoms with Crippen LogP contribution in [0.3, 0.4) is 0 Å². The van der Waals surface area contributed by atoms with Gasteiger partial charge in [0.1, 0.15) is 12.1 Å². The molecule has 0 aliphatic rings. The molecule has 0 amide bonds. The largest absolute Gasteiger partial charge is 0.497 e. The summed E-state index contributed by atoms with van der Waals surface area (Å²) in [5.74, 6) is 0.881. The van der Waals surface area contributed by atoms with Gasteiger partial charge in [-0.2, -0.15) is 0 Å². The van der Waals surface area contributed by atoms with E-state index in [0.29, 0.717) is 0 Å². The van der Waals surface area contributed by atoms with Crippen molar-refractivity contribution < 1.29 is 4.74 Å². The lowest BCUT2D eigenvalue weighted by molar-refractivity contribution is 0.414. The van der Waals surface area contributed by atoms with E-state index >= 15 is 0 Å². The van der Waals surface area contributed by atoms with E-state index < -0.39 is 0 Å². The van der Waals surface area contributed by atoms with E-state index in [0.717, 1.165) is 24.3 Å². The van der Waals surface area contributed by atoms with E-state index in [4.69, 9.17) is 4.74 Å². The molecule has 1 atom stereocenters. The van der Waals surface area contributed by atoms with E-state index in [9.17, 15) is 0 Å². The van der Waals surface area contributed by atoms with Gasteiger partial charge in [-0.25, -0.2) is 9.97 Å². The summed E-state index contributed by atoms with van der Waals surface area (Å²) in [6, 6.07) is 8.39. The minimum Gasteiger partial charge on any atom is -0.497 e. The summed E-state index contributed by atoms with van der Waals surface area (Å²) in [6.07, 6.45) is 6.19. The molecule has 1 heterocycles. The highest BCUT2D eigenvalue weighted by atomic mass is 16.5. The van der Waals surface area contributed by atoms with Crippen molar-refractivity contribution in [1.82, 2.24) is 15.3 Å². The fraction of sp³-hybridized carbons (Fsp3) is 0.333. The first-order valence-electron chi connectivity index (χ1n) is 6.44. The Kier molecular flexibility index (Phi) is 4.86. The SMILES string of the molecule is CCNC(Cc1ccc(OC)cc1)c1cncnc1. The van der Waals surface area contributed by atoms with Crippen LogP contribution in [-0.4, -0.2) is 23.6 Å². The highest BCUT2D eigenvalue weighted by molar-refractivity contribution is 5.28. The van der Waals surface area contributed by atoms with Crippen LogP contribution in [0.25, 0.3) is 0 Å². The number of hydrogen-bond acceptors (Lipinski definition) is 4. The number of methoxy groups -OCH3 is 1. The number of ether oxygens (including phenoxy) is 1. The molecule has 0 saturated carbocycles. The fourth-order valence-corrected chi connectivity index (χ4v) is 2.04. The van der Waals surface area contributed by atoms with E-state index in [-0.39, 0.29) is 6.04 Å². The molecule has 4 nitrogen and oxygen atoms in total. The van der Waals surface area contributed by atoms with Crippen molar-refractivity contribution in [2.45, 2.75) is 19.4 Å². The number of nitrogens with zero attached hydrogens (tertiary/aromatic N) is 2. The maximum atomic E-state index is 5.17. The zero-order chi connectivity index (χ0) is 13.5. The van der Waals surface area contributed by atoms with Gasteiger partial charge in [0.05, 0.1) is 7.11 Å². The van der Waals surface area contributed by atoms with Crippen LogP contribution in [0.2, 0.25) is 0 Å². The molecule has 1 N–H and O–H groups in total. The third-order valence-electron chi connectivity index (χ3n) is 3.03. The average Bonchev–Trinajstić information content (AvgIpc) is 2.48. The lowest BCUT2D eigenvalue weighted by Crippen LogP contribution is -2.23. The maximum Gasteiger partial charge on any atom is 0.118 e. The Morgan fingerprint density at radius 1 is 1.16 bits per heavy atom. The molecule has 19 heavy (non-hydrogen) atoms. The molecule has 2 aromatic rings. The van der Waals surface area contributed by atoms with Gasteiger partial charge in [-0.15, -0.1) is 0 Å². The highest BCUT2D eigenvalue weighted by Crippen LogP contribution is 2.19. The van der Waals surface area contributed by atoms with Crippen LogP contribution in [0.1, 0.15) is 24.1 Å². The Hall–Kier alpha value is -1.94. The van der Waals surface area contributed by atoms with Gasteiger partial charge in [0.2, 0.25) is 0 Å². The molecular formula is C15H19N3O. The first kappa shape index (κ1) is 13.5. The monoisotopic (exact) mass is 257 g/mol. The number of rotatable bonds is 6. The summed E-state index contributed by atoms with van der Waals surface area (Å²) in [5, 5.41) is 3.46. The lowest BCUT2D eigenvalue weighted by Gasteiger charge is -2.17. The van der Waals surface area contributed by atoms with Crippen LogP contribution < -0.4 is 10.1 Å². The van der Waals surface area contributed by atoms with Crippen molar-refractivity contribution in [2.24, 2.45) is 0 Å². The molecule has 0 spiro atoms. The Balaban J connectivity index is 2.11. The summed E-state index contributed by atoms with van der Waals surface area (Å²) in [4.78, 5) is 8.17. The quantitative estimate of drug-likeness (QED) is 0.863. The Morgan fingerprint density at radius 2 is 1.84 bits per heavy atom. The van der Waals surface area contributed by atoms with E-state index in [2.05, 4.69) is 34.3 Å². The minimum absolute atomic E-state index is 0.236. The van der Waals surface area contributed by atoms with Crippen molar-refractivity contribution in [3.8, 4) is 5.75 Å². The molecule has 0 saturated heterocycles. The molecule has 4 heteroatoms. The van der Waals surface area contributed by atoms with E-state index in [1.807, 2.05) is 24.5 Å². The predicted octanol–water partition coefficient (Wildman–Crippen LogP) is 2.38. The lowest BCUT2D eigenvalue weighted by atomic mass is 10.0. The molecule has 1 aromatic carbocycles. The zero-order valence-corrected chi connectivity index (χ0v) is 11.3. The van der Waals surface area contributed by atoms with Crippen LogP contribution in [0.5, 0.6) is 5.75 Å². The van der Waals surface area contributed by atoms with Crippen molar-refractivity contribution in [2.75, 3.05) is 13.7 Å². The third kappa shape index (κ3) is 3.76. The van der Waals surface area contributed by atoms with Gasteiger partial charge in [0, 0.05) is 24.0 Å². The molecule has 100 valence electrons. The molecule has 0 bridgehead atoms. The second-order valence-electron chi connectivity index (χ2n) is 4.33. The van der Waals surface area contributed by atoms with Crippen molar-refractivity contribution >= 4 is 0 Å². The zero-order valence-electron chi connectivity index (χ0n) is 11.3. The van der Waals surface area contributed by atoms with Crippen molar-refractivity contribution in [3.63, 3.8) is 0 Å². The first-order chi connectivity index (χ1) is 9.33. The molecule has 2 rings (SSSR count). The number of aromatic nitrogens is 2. The van der Waals surface area contributed by atoms with Crippen LogP contribution in [0, 0.1) is 0 Å². The van der Waals surface area contributed by atoms with Gasteiger partial charge in [-0.3, -0.25) is 0 Å². The highest BCUT2D eigenvalue weighted by Gasteiger charge is 2.11. The summed E-state index contributed by atoms with van der Waals surface area (Å²) in [6.45, 7) is 3.01. The maximum absolute atomic E-state index is 5.17. The Bertz CT molecular complexity index is 485. The number of benzene rings is 1. The summed E-state index contributed by atoms with van der Waals surface area (Å²) < 4.78 is 5.17. The Morgan fingerprint density at radius 3 is 2.42 bits per heavy atom. The summed E-state index contributed by atoms with van der Waals surface area (Å²) in [7, 11) is 1.68. The average molecular weight is 257 g/mol. The van der Waals surface area contributed by atoms with Crippen LogP contribution in [0.4, 0.5) is 0 Å². The predicted molar refractivity (Wildman–Crippen MR) is 75.1 cm³/mol. The normalized spacial score (nSPS) is 12.1. The van der Waals surface area contributed by atoms with Crippen LogP contribution in [0.15, 0.2) is 43.0 Å². The second-order valence-corrected chi connectivity index (χ2v) is 4.33. The second kappa shape index (κ2) is 6.85. The van der Waals surface area contributed by atoms with Gasteiger partial charge in [-0.05, 0) is 30.7 Å².